The smallest absolute Gasteiger partial charge is 0.226 e. The van der Waals surface area contributed by atoms with Gasteiger partial charge in [-0.1, -0.05) is 11.6 Å². The zero-order valence-corrected chi connectivity index (χ0v) is 12.7. The molecule has 0 aliphatic rings. The molecular weight excluding hydrogens is 278 g/mol. The maximum atomic E-state index is 6.13. The number of rotatable bonds is 6. The highest BCUT2D eigenvalue weighted by atomic mass is 35.5. The van der Waals surface area contributed by atoms with Crippen molar-refractivity contribution < 1.29 is 4.74 Å². The topological polar surface area (TPSA) is 72.8 Å². The fraction of sp³-hybridized carbons (Fsp3) is 0.538. The number of aryl methyl sites for hydroxylation is 2. The highest BCUT2D eigenvalue weighted by molar-refractivity contribution is 6.33. The van der Waals surface area contributed by atoms with E-state index in [-0.39, 0.29) is 0 Å². The van der Waals surface area contributed by atoms with Crippen molar-refractivity contribution in [3.05, 3.63) is 16.5 Å². The van der Waals surface area contributed by atoms with E-state index in [1.807, 2.05) is 20.8 Å². The molecule has 0 unspecified atom stereocenters. The number of hydrogen-bond acceptors (Lipinski definition) is 6. The lowest BCUT2D eigenvalue weighted by atomic mass is 10.3. The Labute approximate surface area is 123 Å². The lowest BCUT2D eigenvalue weighted by molar-refractivity contribution is 0.147. The second-order valence-corrected chi connectivity index (χ2v) is 4.74. The van der Waals surface area contributed by atoms with Crippen molar-refractivity contribution in [2.24, 2.45) is 0 Å². The highest BCUT2D eigenvalue weighted by Crippen LogP contribution is 2.19. The van der Waals surface area contributed by atoms with Crippen LogP contribution in [0.5, 0.6) is 0 Å². The van der Waals surface area contributed by atoms with Crippen LogP contribution in [0.2, 0.25) is 5.15 Å². The van der Waals surface area contributed by atoms with Gasteiger partial charge in [-0.15, -0.1) is 0 Å². The first-order valence-corrected chi connectivity index (χ1v) is 6.99. The Morgan fingerprint density at radius 2 is 1.85 bits per heavy atom. The summed E-state index contributed by atoms with van der Waals surface area (Å²) in [5, 5.41) is 3.43. The van der Waals surface area contributed by atoms with E-state index < -0.39 is 0 Å². The Hall–Kier alpha value is -1.53. The van der Waals surface area contributed by atoms with Gasteiger partial charge in [0.15, 0.2) is 10.8 Å². The summed E-state index contributed by atoms with van der Waals surface area (Å²) in [7, 11) is 0. The molecule has 7 heteroatoms. The molecule has 0 amide bonds. The second kappa shape index (κ2) is 6.76. The number of anilines is 1. The van der Waals surface area contributed by atoms with Gasteiger partial charge in [-0.25, -0.2) is 9.97 Å². The van der Waals surface area contributed by atoms with Crippen molar-refractivity contribution in [3.63, 3.8) is 0 Å². The van der Waals surface area contributed by atoms with Crippen LogP contribution < -0.4 is 5.32 Å². The van der Waals surface area contributed by atoms with Crippen LogP contribution in [0.25, 0.3) is 11.2 Å². The van der Waals surface area contributed by atoms with E-state index >= 15 is 0 Å². The maximum Gasteiger partial charge on any atom is 0.226 e. The molecule has 0 aliphatic heterocycles. The van der Waals surface area contributed by atoms with Gasteiger partial charge in [0.05, 0.1) is 11.4 Å². The first-order valence-electron chi connectivity index (χ1n) is 6.62. The molecule has 0 aromatic carbocycles. The Kier molecular flexibility index (Phi) is 5.03. The van der Waals surface area contributed by atoms with Gasteiger partial charge < -0.3 is 10.1 Å². The summed E-state index contributed by atoms with van der Waals surface area (Å²) in [6.07, 6.45) is 0.880. The summed E-state index contributed by atoms with van der Waals surface area (Å²) < 4.78 is 5.27. The Balaban J connectivity index is 2.13. The van der Waals surface area contributed by atoms with E-state index in [1.165, 1.54) is 0 Å². The molecule has 2 heterocycles. The number of aromatic nitrogens is 4. The summed E-state index contributed by atoms with van der Waals surface area (Å²) in [4.78, 5) is 17.3. The van der Waals surface area contributed by atoms with Crippen LogP contribution in [0, 0.1) is 13.8 Å². The first kappa shape index (κ1) is 14.9. The summed E-state index contributed by atoms with van der Waals surface area (Å²) in [5.41, 5.74) is 2.73. The molecule has 6 nitrogen and oxygen atoms in total. The Bertz CT molecular complexity index is 605. The monoisotopic (exact) mass is 295 g/mol. The Morgan fingerprint density at radius 3 is 2.60 bits per heavy atom. The molecule has 0 fully saturated rings. The average molecular weight is 296 g/mol. The molecule has 0 radical (unpaired) electrons. The second-order valence-electron chi connectivity index (χ2n) is 4.38. The van der Waals surface area contributed by atoms with Gasteiger partial charge in [0.2, 0.25) is 5.95 Å². The standard InChI is InChI=1S/C13H18ClN5O/c1-4-20-7-5-6-15-13-18-11(14)10-12(19-13)17-9(3)8(2)16-10/h4-7H2,1-3H3,(H,15,17,18,19). The molecule has 1 N–H and O–H groups in total. The molecule has 20 heavy (non-hydrogen) atoms. The fourth-order valence-electron chi connectivity index (χ4n) is 1.68. The van der Waals surface area contributed by atoms with Gasteiger partial charge in [-0.05, 0) is 27.2 Å². The molecule has 0 aliphatic carbocycles. The van der Waals surface area contributed by atoms with Crippen molar-refractivity contribution in [2.75, 3.05) is 25.1 Å². The van der Waals surface area contributed by atoms with E-state index in [1.54, 1.807) is 0 Å². The van der Waals surface area contributed by atoms with Crippen LogP contribution in [0.4, 0.5) is 5.95 Å². The molecule has 0 atom stereocenters. The largest absolute Gasteiger partial charge is 0.382 e. The third-order valence-electron chi connectivity index (χ3n) is 2.85. The quantitative estimate of drug-likeness (QED) is 0.652. The van der Waals surface area contributed by atoms with Crippen molar-refractivity contribution >= 4 is 28.7 Å². The minimum atomic E-state index is 0.318. The van der Waals surface area contributed by atoms with E-state index in [9.17, 15) is 0 Å². The van der Waals surface area contributed by atoms with Crippen molar-refractivity contribution in [1.82, 2.24) is 19.9 Å². The van der Waals surface area contributed by atoms with Gasteiger partial charge in [0, 0.05) is 19.8 Å². The van der Waals surface area contributed by atoms with E-state index in [2.05, 4.69) is 25.3 Å². The van der Waals surface area contributed by atoms with Crippen LogP contribution in [-0.2, 0) is 4.74 Å². The molecule has 2 aromatic rings. The van der Waals surface area contributed by atoms with Crippen LogP contribution in [-0.4, -0.2) is 39.7 Å². The van der Waals surface area contributed by atoms with E-state index in [0.717, 1.165) is 31.0 Å². The average Bonchev–Trinajstić information content (AvgIpc) is 2.41. The number of fused-ring (bicyclic) bond motifs is 1. The van der Waals surface area contributed by atoms with Gasteiger partial charge >= 0.3 is 0 Å². The van der Waals surface area contributed by atoms with E-state index in [4.69, 9.17) is 16.3 Å². The minimum absolute atomic E-state index is 0.318. The number of hydrogen-bond donors (Lipinski definition) is 1. The molecule has 0 spiro atoms. The van der Waals surface area contributed by atoms with Crippen LogP contribution in [0.15, 0.2) is 0 Å². The minimum Gasteiger partial charge on any atom is -0.382 e. The fourth-order valence-corrected chi connectivity index (χ4v) is 1.88. The molecule has 0 saturated heterocycles. The predicted octanol–water partition coefficient (Wildman–Crippen LogP) is 2.53. The van der Waals surface area contributed by atoms with Crippen LogP contribution >= 0.6 is 11.6 Å². The zero-order valence-electron chi connectivity index (χ0n) is 11.9. The third-order valence-corrected chi connectivity index (χ3v) is 3.12. The number of ether oxygens (including phenoxy) is 1. The summed E-state index contributed by atoms with van der Waals surface area (Å²) in [6, 6.07) is 0. The molecule has 2 rings (SSSR count). The third kappa shape index (κ3) is 3.52. The zero-order chi connectivity index (χ0) is 14.5. The molecule has 108 valence electrons. The van der Waals surface area contributed by atoms with Gasteiger partial charge in [-0.2, -0.15) is 9.97 Å². The maximum absolute atomic E-state index is 6.13. The van der Waals surface area contributed by atoms with Crippen molar-refractivity contribution in [1.29, 1.82) is 0 Å². The van der Waals surface area contributed by atoms with Gasteiger partial charge in [-0.3, -0.25) is 0 Å². The van der Waals surface area contributed by atoms with E-state index in [0.29, 0.717) is 28.9 Å². The van der Waals surface area contributed by atoms with Gasteiger partial charge in [0.25, 0.3) is 0 Å². The number of nitrogens with zero attached hydrogens (tertiary/aromatic N) is 4. The molecule has 0 saturated carbocycles. The Morgan fingerprint density at radius 1 is 1.10 bits per heavy atom. The molecule has 2 aromatic heterocycles. The number of nitrogens with one attached hydrogen (secondary N) is 1. The predicted molar refractivity (Wildman–Crippen MR) is 79.2 cm³/mol. The van der Waals surface area contributed by atoms with Gasteiger partial charge in [0.1, 0.15) is 5.52 Å². The lowest BCUT2D eigenvalue weighted by Gasteiger charge is -2.07. The molecule has 0 bridgehead atoms. The summed E-state index contributed by atoms with van der Waals surface area (Å²) >= 11 is 6.13. The van der Waals surface area contributed by atoms with Crippen LogP contribution in [0.1, 0.15) is 24.7 Å². The lowest BCUT2D eigenvalue weighted by Crippen LogP contribution is -2.09. The summed E-state index contributed by atoms with van der Waals surface area (Å²) in [5.74, 6) is 0.469. The van der Waals surface area contributed by atoms with Crippen molar-refractivity contribution in [2.45, 2.75) is 27.2 Å². The van der Waals surface area contributed by atoms with Crippen LogP contribution in [0.3, 0.4) is 0 Å². The summed E-state index contributed by atoms with van der Waals surface area (Å²) in [6.45, 7) is 7.92. The SMILES string of the molecule is CCOCCCNc1nc(Cl)c2nc(C)c(C)nc2n1. The highest BCUT2D eigenvalue weighted by Gasteiger charge is 2.10. The molecular formula is C13H18ClN5O. The first-order chi connectivity index (χ1) is 9.61. The normalized spacial score (nSPS) is 11.0. The van der Waals surface area contributed by atoms with Crippen molar-refractivity contribution in [3.8, 4) is 0 Å². The number of halogens is 1.